The van der Waals surface area contributed by atoms with Crippen molar-refractivity contribution < 1.29 is 0 Å². The van der Waals surface area contributed by atoms with Gasteiger partial charge in [-0.3, -0.25) is 0 Å². The molecule has 0 saturated carbocycles. The van der Waals surface area contributed by atoms with Crippen molar-refractivity contribution in [2.24, 2.45) is 0 Å². The van der Waals surface area contributed by atoms with Crippen molar-refractivity contribution in [1.29, 1.82) is 0 Å². The number of hydrogen-bond acceptors (Lipinski definition) is 1. The Morgan fingerprint density at radius 3 is 1.61 bits per heavy atom. The minimum absolute atomic E-state index is 1.26. The summed E-state index contributed by atoms with van der Waals surface area (Å²) in [6, 6.07) is 53.8. The second-order valence-corrected chi connectivity index (χ2v) is 12.0. The Labute approximate surface area is 242 Å². The first-order valence-electron chi connectivity index (χ1n) is 14.1. The second-order valence-electron chi connectivity index (χ2n) is 10.9. The molecule has 0 unspecified atom stereocenters. The highest BCUT2D eigenvalue weighted by molar-refractivity contribution is 7.99. The molecule has 0 saturated heterocycles. The van der Waals surface area contributed by atoms with Crippen LogP contribution in [0.2, 0.25) is 0 Å². The lowest BCUT2D eigenvalue weighted by Crippen LogP contribution is -1.95. The molecule has 0 fully saturated rings. The largest absolute Gasteiger partial charge is 0.0888 e. The summed E-state index contributed by atoms with van der Waals surface area (Å²) in [6.45, 7) is 0. The Morgan fingerprint density at radius 1 is 0.341 bits per heavy atom. The Hall–Kier alpha value is -4.85. The summed E-state index contributed by atoms with van der Waals surface area (Å²) >= 11 is 1.90. The van der Waals surface area contributed by atoms with Gasteiger partial charge in [0.15, 0.2) is 0 Å². The van der Waals surface area contributed by atoms with Crippen LogP contribution in [0.3, 0.4) is 0 Å². The second kappa shape index (κ2) is 8.83. The van der Waals surface area contributed by atoms with Crippen LogP contribution in [0.4, 0.5) is 0 Å². The molecule has 0 aromatic heterocycles. The van der Waals surface area contributed by atoms with E-state index in [0.717, 1.165) is 0 Å². The lowest BCUT2D eigenvalue weighted by atomic mass is 9.85. The predicted molar refractivity (Wildman–Crippen MR) is 177 cm³/mol. The Balaban J connectivity index is 1.32. The highest BCUT2D eigenvalue weighted by Gasteiger charge is 2.21. The molecule has 41 heavy (non-hydrogen) atoms. The lowest BCUT2D eigenvalue weighted by molar-refractivity contribution is 1.40. The minimum atomic E-state index is 1.26. The fourth-order valence-electron chi connectivity index (χ4n) is 6.81. The van der Waals surface area contributed by atoms with Gasteiger partial charge in [-0.05, 0) is 89.3 Å². The van der Waals surface area contributed by atoms with E-state index in [-0.39, 0.29) is 0 Å². The van der Waals surface area contributed by atoms with Crippen LogP contribution in [0.15, 0.2) is 155 Å². The van der Waals surface area contributed by atoms with Gasteiger partial charge in [-0.25, -0.2) is 0 Å². The van der Waals surface area contributed by atoms with Crippen LogP contribution < -0.4 is 0 Å². The molecule has 1 heterocycles. The molecule has 9 rings (SSSR count). The van der Waals surface area contributed by atoms with Gasteiger partial charge in [0, 0.05) is 15.2 Å². The van der Waals surface area contributed by atoms with Gasteiger partial charge in [-0.1, -0.05) is 139 Å². The Morgan fingerprint density at radius 2 is 0.902 bits per heavy atom. The summed E-state index contributed by atoms with van der Waals surface area (Å²) < 4.78 is 0. The third-order valence-electron chi connectivity index (χ3n) is 8.62. The van der Waals surface area contributed by atoms with E-state index in [1.165, 1.54) is 86.3 Å². The molecular formula is C40H24S. The van der Waals surface area contributed by atoms with Crippen molar-refractivity contribution in [3.8, 4) is 33.4 Å². The van der Waals surface area contributed by atoms with Crippen molar-refractivity contribution >= 4 is 54.9 Å². The summed E-state index contributed by atoms with van der Waals surface area (Å²) in [5, 5.41) is 10.4. The number of fused-ring (bicyclic) bond motifs is 5. The number of benzene rings is 8. The van der Waals surface area contributed by atoms with Gasteiger partial charge in [0.1, 0.15) is 0 Å². The summed E-state index contributed by atoms with van der Waals surface area (Å²) in [5.74, 6) is 0. The highest BCUT2D eigenvalue weighted by atomic mass is 32.2. The maximum Gasteiger partial charge on any atom is 0.0207 e. The first-order chi connectivity index (χ1) is 20.3. The van der Waals surface area contributed by atoms with E-state index in [2.05, 4.69) is 146 Å². The van der Waals surface area contributed by atoms with Crippen LogP contribution in [0.1, 0.15) is 0 Å². The Kier molecular flexibility index (Phi) is 4.93. The number of rotatable bonds is 2. The average molecular weight is 537 g/mol. The van der Waals surface area contributed by atoms with Gasteiger partial charge in [-0.15, -0.1) is 0 Å². The molecule has 0 nitrogen and oxygen atoms in total. The summed E-state index contributed by atoms with van der Waals surface area (Å²) in [6.07, 6.45) is 0. The molecule has 8 aromatic carbocycles. The molecule has 1 heteroatoms. The quantitative estimate of drug-likeness (QED) is 0.198. The van der Waals surface area contributed by atoms with Crippen LogP contribution in [-0.4, -0.2) is 0 Å². The Bertz CT molecular complexity index is 2280. The van der Waals surface area contributed by atoms with Crippen molar-refractivity contribution in [3.05, 3.63) is 146 Å². The molecule has 0 aliphatic carbocycles. The fourth-order valence-corrected chi connectivity index (χ4v) is 8.00. The molecule has 1 aliphatic heterocycles. The van der Waals surface area contributed by atoms with E-state index >= 15 is 0 Å². The van der Waals surface area contributed by atoms with Crippen LogP contribution in [0.25, 0.3) is 76.5 Å². The highest BCUT2D eigenvalue weighted by Crippen LogP contribution is 2.50. The molecule has 190 valence electrons. The summed E-state index contributed by atoms with van der Waals surface area (Å²) in [5.41, 5.74) is 7.79. The smallest absolute Gasteiger partial charge is 0.0207 e. The standard InChI is InChI=1S/C40H24S/c1-2-10-27-23-28(20-19-25(27)9-1)38-32-13-3-5-15-34(32)39(35-16-6-4-14-33(35)38)29-21-22-30-31-17-7-11-26-12-8-18-36(40(26)31)41-37(30)24-29/h1-24H. The fraction of sp³-hybridized carbons (Fsp3) is 0. The van der Waals surface area contributed by atoms with Gasteiger partial charge in [0.25, 0.3) is 0 Å². The molecular weight excluding hydrogens is 513 g/mol. The van der Waals surface area contributed by atoms with E-state index in [0.29, 0.717) is 0 Å². The van der Waals surface area contributed by atoms with E-state index in [1.54, 1.807) is 0 Å². The zero-order valence-corrected chi connectivity index (χ0v) is 23.1. The van der Waals surface area contributed by atoms with E-state index in [1.807, 2.05) is 11.8 Å². The van der Waals surface area contributed by atoms with Crippen molar-refractivity contribution in [1.82, 2.24) is 0 Å². The van der Waals surface area contributed by atoms with Crippen LogP contribution >= 0.6 is 11.8 Å². The zero-order chi connectivity index (χ0) is 26.9. The van der Waals surface area contributed by atoms with Crippen LogP contribution in [0.5, 0.6) is 0 Å². The molecule has 0 spiro atoms. The maximum absolute atomic E-state index is 2.42. The van der Waals surface area contributed by atoms with Crippen molar-refractivity contribution in [2.75, 3.05) is 0 Å². The first-order valence-corrected chi connectivity index (χ1v) is 14.9. The average Bonchev–Trinajstić information content (AvgIpc) is 3.03. The molecule has 0 atom stereocenters. The summed E-state index contributed by atoms with van der Waals surface area (Å²) in [7, 11) is 0. The van der Waals surface area contributed by atoms with E-state index in [4.69, 9.17) is 0 Å². The van der Waals surface area contributed by atoms with Crippen molar-refractivity contribution in [3.63, 3.8) is 0 Å². The maximum atomic E-state index is 2.42. The SMILES string of the molecule is c1ccc2cc(-c3c4ccccc4c(-c4ccc5c(c4)Sc4cccc6cccc-5c46)c4ccccc34)ccc2c1. The molecule has 1 aliphatic rings. The first kappa shape index (κ1) is 22.9. The predicted octanol–water partition coefficient (Wildman–Crippen LogP) is 11.8. The third kappa shape index (κ3) is 3.43. The molecule has 0 radical (unpaired) electrons. The van der Waals surface area contributed by atoms with Crippen molar-refractivity contribution in [2.45, 2.75) is 9.79 Å². The third-order valence-corrected chi connectivity index (χ3v) is 9.73. The van der Waals surface area contributed by atoms with Gasteiger partial charge < -0.3 is 0 Å². The molecule has 0 N–H and O–H groups in total. The van der Waals surface area contributed by atoms with E-state index in [9.17, 15) is 0 Å². The topological polar surface area (TPSA) is 0 Å². The normalized spacial score (nSPS) is 12.3. The van der Waals surface area contributed by atoms with Gasteiger partial charge in [0.05, 0.1) is 0 Å². The molecule has 0 bridgehead atoms. The lowest BCUT2D eigenvalue weighted by Gasteiger charge is -2.22. The van der Waals surface area contributed by atoms with E-state index < -0.39 is 0 Å². The number of hydrogen-bond donors (Lipinski definition) is 0. The molecule has 8 aromatic rings. The van der Waals surface area contributed by atoms with Crippen LogP contribution in [0, 0.1) is 0 Å². The van der Waals surface area contributed by atoms with Gasteiger partial charge >= 0.3 is 0 Å². The summed E-state index contributed by atoms with van der Waals surface area (Å²) in [4.78, 5) is 2.66. The van der Waals surface area contributed by atoms with Gasteiger partial charge in [0.2, 0.25) is 0 Å². The van der Waals surface area contributed by atoms with Gasteiger partial charge in [-0.2, -0.15) is 0 Å². The monoisotopic (exact) mass is 536 g/mol. The minimum Gasteiger partial charge on any atom is -0.0888 e. The molecule has 0 amide bonds. The van der Waals surface area contributed by atoms with Crippen LogP contribution in [-0.2, 0) is 0 Å². The zero-order valence-electron chi connectivity index (χ0n) is 22.3.